The second-order valence-electron chi connectivity index (χ2n) is 3.53. The average Bonchev–Trinajstić information content (AvgIpc) is 2.75. The van der Waals surface area contributed by atoms with E-state index in [9.17, 15) is 4.39 Å². The Morgan fingerprint density at radius 3 is 2.65 bits per heavy atom. The molecule has 0 amide bonds. The van der Waals surface area contributed by atoms with Crippen molar-refractivity contribution in [3.05, 3.63) is 42.6 Å². The standard InChI is InChI=1S/C11H8FN5/c12-8-3-1-7(2-4-8)9-5-16-17-10(9)14-6-15-11(17)13/h1-6H,(H2,13,14,15). The molecule has 3 aromatic rings. The predicted molar refractivity (Wildman–Crippen MR) is 60.6 cm³/mol. The Balaban J connectivity index is 2.24. The molecule has 0 radical (unpaired) electrons. The Morgan fingerprint density at radius 2 is 1.88 bits per heavy atom. The zero-order valence-corrected chi connectivity index (χ0v) is 8.71. The molecule has 17 heavy (non-hydrogen) atoms. The molecule has 0 saturated carbocycles. The third-order valence-electron chi connectivity index (χ3n) is 2.49. The highest BCUT2D eigenvalue weighted by atomic mass is 19.1. The first kappa shape index (κ1) is 9.71. The van der Waals surface area contributed by atoms with E-state index in [2.05, 4.69) is 15.1 Å². The lowest BCUT2D eigenvalue weighted by molar-refractivity contribution is 0.628. The number of fused-ring (bicyclic) bond motifs is 1. The summed E-state index contributed by atoms with van der Waals surface area (Å²) in [4.78, 5) is 7.95. The minimum Gasteiger partial charge on any atom is -0.368 e. The first-order valence-corrected chi connectivity index (χ1v) is 4.96. The van der Waals surface area contributed by atoms with Crippen molar-refractivity contribution in [2.45, 2.75) is 0 Å². The maximum absolute atomic E-state index is 12.8. The molecule has 2 aromatic heterocycles. The van der Waals surface area contributed by atoms with Crippen molar-refractivity contribution in [3.63, 3.8) is 0 Å². The third kappa shape index (κ3) is 1.50. The fourth-order valence-corrected chi connectivity index (χ4v) is 1.66. The first-order chi connectivity index (χ1) is 8.25. The Kier molecular flexibility index (Phi) is 2.01. The van der Waals surface area contributed by atoms with E-state index in [1.807, 2.05) is 0 Å². The molecule has 5 nitrogen and oxygen atoms in total. The SMILES string of the molecule is Nc1ncnc2c(-c3ccc(F)cc3)cnn12. The van der Waals surface area contributed by atoms with Crippen LogP contribution in [0, 0.1) is 5.82 Å². The first-order valence-electron chi connectivity index (χ1n) is 4.96. The van der Waals surface area contributed by atoms with Crippen molar-refractivity contribution < 1.29 is 4.39 Å². The van der Waals surface area contributed by atoms with Crippen LogP contribution in [-0.2, 0) is 0 Å². The molecule has 0 atom stereocenters. The van der Waals surface area contributed by atoms with Gasteiger partial charge in [-0.1, -0.05) is 12.1 Å². The van der Waals surface area contributed by atoms with Crippen LogP contribution in [0.3, 0.4) is 0 Å². The molecule has 84 valence electrons. The second-order valence-corrected chi connectivity index (χ2v) is 3.53. The van der Waals surface area contributed by atoms with Gasteiger partial charge >= 0.3 is 0 Å². The Labute approximate surface area is 95.7 Å². The lowest BCUT2D eigenvalue weighted by Gasteiger charge is -1.99. The van der Waals surface area contributed by atoms with Gasteiger partial charge in [0.15, 0.2) is 5.65 Å². The number of nitrogen functional groups attached to an aromatic ring is 1. The second kappa shape index (κ2) is 3.51. The van der Waals surface area contributed by atoms with Gasteiger partial charge in [0.05, 0.1) is 6.20 Å². The molecule has 2 N–H and O–H groups in total. The number of halogens is 1. The predicted octanol–water partition coefficient (Wildman–Crippen LogP) is 1.51. The summed E-state index contributed by atoms with van der Waals surface area (Å²) in [5.74, 6) is -0.0114. The normalized spacial score (nSPS) is 10.9. The minimum atomic E-state index is -0.278. The monoisotopic (exact) mass is 229 g/mol. The van der Waals surface area contributed by atoms with Crippen molar-refractivity contribution in [3.8, 4) is 11.1 Å². The van der Waals surface area contributed by atoms with Gasteiger partial charge in [0.25, 0.3) is 0 Å². The molecule has 0 unspecified atom stereocenters. The summed E-state index contributed by atoms with van der Waals surface area (Å²) >= 11 is 0. The lowest BCUT2D eigenvalue weighted by Crippen LogP contribution is -2.02. The summed E-state index contributed by atoms with van der Waals surface area (Å²) in [6.45, 7) is 0. The van der Waals surface area contributed by atoms with Gasteiger partial charge in [-0.2, -0.15) is 9.61 Å². The summed E-state index contributed by atoms with van der Waals surface area (Å²) < 4.78 is 14.3. The van der Waals surface area contributed by atoms with Crippen LogP contribution < -0.4 is 5.73 Å². The number of nitrogens with zero attached hydrogens (tertiary/aromatic N) is 4. The van der Waals surface area contributed by atoms with Gasteiger partial charge in [-0.15, -0.1) is 0 Å². The van der Waals surface area contributed by atoms with Crippen LogP contribution in [0.4, 0.5) is 10.3 Å². The van der Waals surface area contributed by atoms with Gasteiger partial charge in [0.2, 0.25) is 5.95 Å². The fraction of sp³-hybridized carbons (Fsp3) is 0. The van der Waals surface area contributed by atoms with Crippen LogP contribution >= 0.6 is 0 Å². The zero-order chi connectivity index (χ0) is 11.8. The topological polar surface area (TPSA) is 69.1 Å². The zero-order valence-electron chi connectivity index (χ0n) is 8.71. The van der Waals surface area contributed by atoms with Crippen LogP contribution in [0.2, 0.25) is 0 Å². The van der Waals surface area contributed by atoms with E-state index < -0.39 is 0 Å². The van der Waals surface area contributed by atoms with E-state index in [1.54, 1.807) is 18.3 Å². The van der Waals surface area contributed by atoms with Gasteiger partial charge in [-0.25, -0.2) is 14.4 Å². The van der Waals surface area contributed by atoms with E-state index in [0.29, 0.717) is 5.65 Å². The van der Waals surface area contributed by atoms with Crippen LogP contribution in [0.25, 0.3) is 16.8 Å². The number of anilines is 1. The number of benzene rings is 1. The maximum Gasteiger partial charge on any atom is 0.224 e. The molecule has 1 aromatic carbocycles. The molecule has 0 bridgehead atoms. The van der Waals surface area contributed by atoms with E-state index in [0.717, 1.165) is 11.1 Å². The molecular weight excluding hydrogens is 221 g/mol. The van der Waals surface area contributed by atoms with Crippen molar-refractivity contribution in [2.24, 2.45) is 0 Å². The number of nitrogens with two attached hydrogens (primary N) is 1. The van der Waals surface area contributed by atoms with Crippen LogP contribution in [-0.4, -0.2) is 19.6 Å². The van der Waals surface area contributed by atoms with Crippen molar-refractivity contribution in [2.75, 3.05) is 5.73 Å². The number of aromatic nitrogens is 4. The third-order valence-corrected chi connectivity index (χ3v) is 2.49. The highest BCUT2D eigenvalue weighted by molar-refractivity contribution is 5.77. The Bertz CT molecular complexity index is 674. The summed E-state index contributed by atoms with van der Waals surface area (Å²) in [5.41, 5.74) is 7.89. The van der Waals surface area contributed by atoms with Crippen LogP contribution in [0.1, 0.15) is 0 Å². The highest BCUT2D eigenvalue weighted by Crippen LogP contribution is 2.23. The van der Waals surface area contributed by atoms with E-state index in [4.69, 9.17) is 5.73 Å². The van der Waals surface area contributed by atoms with Crippen LogP contribution in [0.15, 0.2) is 36.8 Å². The highest BCUT2D eigenvalue weighted by Gasteiger charge is 2.09. The van der Waals surface area contributed by atoms with Gasteiger partial charge in [-0.05, 0) is 17.7 Å². The molecule has 0 aliphatic heterocycles. The van der Waals surface area contributed by atoms with Gasteiger partial charge in [0, 0.05) is 5.56 Å². The van der Waals surface area contributed by atoms with Crippen LogP contribution in [0.5, 0.6) is 0 Å². The number of rotatable bonds is 1. The average molecular weight is 229 g/mol. The van der Waals surface area contributed by atoms with Gasteiger partial charge in [0.1, 0.15) is 12.1 Å². The van der Waals surface area contributed by atoms with E-state index in [-0.39, 0.29) is 11.8 Å². The summed E-state index contributed by atoms with van der Waals surface area (Å²) in [5, 5.41) is 4.09. The van der Waals surface area contributed by atoms with E-state index in [1.165, 1.54) is 23.0 Å². The quantitative estimate of drug-likeness (QED) is 0.686. The van der Waals surface area contributed by atoms with Crippen molar-refractivity contribution in [1.29, 1.82) is 0 Å². The molecule has 6 heteroatoms. The Hall–Kier alpha value is -2.50. The van der Waals surface area contributed by atoms with E-state index >= 15 is 0 Å². The Morgan fingerprint density at radius 1 is 1.12 bits per heavy atom. The largest absolute Gasteiger partial charge is 0.368 e. The summed E-state index contributed by atoms with van der Waals surface area (Å²) in [7, 11) is 0. The van der Waals surface area contributed by atoms with Crippen molar-refractivity contribution >= 4 is 11.6 Å². The maximum atomic E-state index is 12.8. The molecule has 0 saturated heterocycles. The molecular formula is C11H8FN5. The molecule has 0 spiro atoms. The minimum absolute atomic E-state index is 0.267. The number of hydrogen-bond donors (Lipinski definition) is 1. The molecule has 3 rings (SSSR count). The molecule has 2 heterocycles. The molecule has 0 aliphatic rings. The molecule has 0 fully saturated rings. The molecule has 0 aliphatic carbocycles. The lowest BCUT2D eigenvalue weighted by atomic mass is 10.1. The van der Waals surface area contributed by atoms with Crippen molar-refractivity contribution in [1.82, 2.24) is 19.6 Å². The number of hydrogen-bond acceptors (Lipinski definition) is 4. The van der Waals surface area contributed by atoms with Gasteiger partial charge in [-0.3, -0.25) is 0 Å². The summed E-state index contributed by atoms with van der Waals surface area (Å²) in [6.07, 6.45) is 3.01. The van der Waals surface area contributed by atoms with Gasteiger partial charge < -0.3 is 5.73 Å². The fourth-order valence-electron chi connectivity index (χ4n) is 1.66. The smallest absolute Gasteiger partial charge is 0.224 e. The summed E-state index contributed by atoms with van der Waals surface area (Å²) in [6, 6.07) is 6.13.